The highest BCUT2D eigenvalue weighted by atomic mass is 127. The molecule has 25 heavy (non-hydrogen) atoms. The van der Waals surface area contributed by atoms with E-state index in [0.29, 0.717) is 50.4 Å². The monoisotopic (exact) mass is 462 g/mol. The topological polar surface area (TPSA) is 73.8 Å². The van der Waals surface area contributed by atoms with Gasteiger partial charge < -0.3 is 10.6 Å². The van der Waals surface area contributed by atoms with Gasteiger partial charge in [0.1, 0.15) is 5.82 Å². The van der Waals surface area contributed by atoms with Gasteiger partial charge in [-0.3, -0.25) is 14.5 Å². The van der Waals surface area contributed by atoms with Crippen LogP contribution < -0.4 is 10.6 Å². The Kier molecular flexibility index (Phi) is 9.40. The predicted octanol–water partition coefficient (Wildman–Crippen LogP) is 2.04. The summed E-state index contributed by atoms with van der Waals surface area (Å²) < 4.78 is 13.6. The zero-order valence-corrected chi connectivity index (χ0v) is 16.6. The van der Waals surface area contributed by atoms with Crippen LogP contribution in [0, 0.1) is 5.82 Å². The lowest BCUT2D eigenvalue weighted by Gasteiger charge is -2.25. The van der Waals surface area contributed by atoms with Crippen LogP contribution in [-0.4, -0.2) is 42.3 Å². The predicted molar refractivity (Wildman–Crippen MR) is 105 cm³/mol. The molecule has 6 nitrogen and oxygen atoms in total. The van der Waals surface area contributed by atoms with Crippen molar-refractivity contribution in [2.75, 3.05) is 19.6 Å². The van der Waals surface area contributed by atoms with Crippen molar-refractivity contribution in [3.05, 3.63) is 35.6 Å². The van der Waals surface area contributed by atoms with Gasteiger partial charge in [0, 0.05) is 38.0 Å². The maximum absolute atomic E-state index is 13.6. The summed E-state index contributed by atoms with van der Waals surface area (Å²) in [5.41, 5.74) is 0.510. The van der Waals surface area contributed by atoms with E-state index in [1.54, 1.807) is 18.2 Å². The van der Waals surface area contributed by atoms with Gasteiger partial charge in [-0.25, -0.2) is 9.38 Å². The summed E-state index contributed by atoms with van der Waals surface area (Å²) in [7, 11) is 0. The molecule has 2 rings (SSSR count). The molecule has 1 aromatic rings. The van der Waals surface area contributed by atoms with E-state index in [1.807, 2.05) is 6.92 Å². The number of piperidine rings is 1. The third-order valence-electron chi connectivity index (χ3n) is 3.72. The maximum atomic E-state index is 13.6. The summed E-state index contributed by atoms with van der Waals surface area (Å²) in [5.74, 6) is -0.0121. The third-order valence-corrected chi connectivity index (χ3v) is 3.72. The van der Waals surface area contributed by atoms with E-state index < -0.39 is 0 Å². The van der Waals surface area contributed by atoms with E-state index in [2.05, 4.69) is 15.6 Å². The number of carbonyl (C=O) groups excluding carboxylic acids is 2. The first-order valence-corrected chi connectivity index (χ1v) is 8.20. The van der Waals surface area contributed by atoms with Crippen molar-refractivity contribution in [2.45, 2.75) is 32.7 Å². The highest BCUT2D eigenvalue weighted by Gasteiger charge is 2.25. The minimum Gasteiger partial charge on any atom is -0.357 e. The summed E-state index contributed by atoms with van der Waals surface area (Å²) in [5, 5.41) is 6.13. The van der Waals surface area contributed by atoms with Gasteiger partial charge in [0.15, 0.2) is 5.96 Å². The first kappa shape index (κ1) is 21.3. The molecular formula is C17H24FIN4O2. The molecule has 0 aromatic heterocycles. The molecule has 0 aliphatic carbocycles. The lowest BCUT2D eigenvalue weighted by Crippen LogP contribution is -2.46. The first-order chi connectivity index (χ1) is 11.6. The Labute approximate surface area is 164 Å². The molecule has 0 spiro atoms. The number of likely N-dealkylation sites (tertiary alicyclic amines) is 1. The van der Waals surface area contributed by atoms with E-state index in [1.165, 1.54) is 11.0 Å². The van der Waals surface area contributed by atoms with E-state index >= 15 is 0 Å². The van der Waals surface area contributed by atoms with Crippen LogP contribution in [0.4, 0.5) is 4.39 Å². The number of hydrogen-bond acceptors (Lipinski definition) is 3. The number of rotatable bonds is 6. The molecule has 138 valence electrons. The molecule has 1 aromatic carbocycles. The number of amides is 2. The van der Waals surface area contributed by atoms with Gasteiger partial charge in [-0.2, -0.15) is 0 Å². The quantitative estimate of drug-likeness (QED) is 0.294. The van der Waals surface area contributed by atoms with Crippen LogP contribution >= 0.6 is 24.0 Å². The zero-order chi connectivity index (χ0) is 17.4. The summed E-state index contributed by atoms with van der Waals surface area (Å²) in [6, 6.07) is 6.49. The molecule has 1 aliphatic rings. The summed E-state index contributed by atoms with van der Waals surface area (Å²) in [6.07, 6.45) is 1.48. The van der Waals surface area contributed by atoms with E-state index in [9.17, 15) is 14.0 Å². The standard InChI is InChI=1S/C17H23FN4O2.HI/c1-2-19-17(21-12-13-6-3-4-7-14(13)18)20-10-11-22-15(23)8-5-9-16(22)24;/h3-4,6-7H,2,5,8-12H2,1H3,(H2,19,20,21);1H. The maximum Gasteiger partial charge on any atom is 0.229 e. The Bertz CT molecular complexity index is 608. The van der Waals surface area contributed by atoms with Gasteiger partial charge in [-0.1, -0.05) is 18.2 Å². The molecule has 1 heterocycles. The SMILES string of the molecule is CCNC(=NCc1ccccc1F)NCCN1C(=O)CCCC1=O.I. The van der Waals surface area contributed by atoms with Crippen LogP contribution in [0.2, 0.25) is 0 Å². The lowest BCUT2D eigenvalue weighted by molar-refractivity contribution is -0.147. The van der Waals surface area contributed by atoms with Crippen LogP contribution in [0.5, 0.6) is 0 Å². The van der Waals surface area contributed by atoms with Crippen molar-refractivity contribution < 1.29 is 14.0 Å². The second kappa shape index (κ2) is 11.0. The van der Waals surface area contributed by atoms with Crippen molar-refractivity contribution in [1.29, 1.82) is 0 Å². The molecule has 8 heteroatoms. The average molecular weight is 462 g/mol. The number of hydrogen-bond donors (Lipinski definition) is 2. The minimum absolute atomic E-state index is 0. The van der Waals surface area contributed by atoms with Crippen molar-refractivity contribution in [3.63, 3.8) is 0 Å². The fourth-order valence-electron chi connectivity index (χ4n) is 2.47. The molecule has 1 aliphatic heterocycles. The van der Waals surface area contributed by atoms with Gasteiger partial charge in [-0.05, 0) is 19.4 Å². The minimum atomic E-state index is -0.290. The molecule has 0 radical (unpaired) electrons. The number of nitrogens with one attached hydrogen (secondary N) is 2. The van der Waals surface area contributed by atoms with Crippen molar-refractivity contribution >= 4 is 41.8 Å². The number of carbonyl (C=O) groups is 2. The molecule has 0 saturated carbocycles. The summed E-state index contributed by atoms with van der Waals surface area (Å²) >= 11 is 0. The number of imide groups is 1. The molecule has 0 bridgehead atoms. The number of guanidine groups is 1. The Hall–Kier alpha value is -1.71. The Morgan fingerprint density at radius 2 is 1.88 bits per heavy atom. The van der Waals surface area contributed by atoms with Crippen LogP contribution in [0.25, 0.3) is 0 Å². The molecular weight excluding hydrogens is 438 g/mol. The first-order valence-electron chi connectivity index (χ1n) is 8.20. The second-order valence-corrected chi connectivity index (χ2v) is 5.51. The highest BCUT2D eigenvalue weighted by Crippen LogP contribution is 2.11. The molecule has 1 fully saturated rings. The molecule has 0 unspecified atom stereocenters. The van der Waals surface area contributed by atoms with Gasteiger partial charge in [0.25, 0.3) is 0 Å². The third kappa shape index (κ3) is 6.60. The van der Waals surface area contributed by atoms with Crippen molar-refractivity contribution in [2.24, 2.45) is 4.99 Å². The van der Waals surface area contributed by atoms with Crippen LogP contribution in [-0.2, 0) is 16.1 Å². The zero-order valence-electron chi connectivity index (χ0n) is 14.3. The number of benzene rings is 1. The molecule has 2 amide bonds. The fraction of sp³-hybridized carbons (Fsp3) is 0.471. The fourth-order valence-corrected chi connectivity index (χ4v) is 2.47. The smallest absolute Gasteiger partial charge is 0.229 e. The van der Waals surface area contributed by atoms with Gasteiger partial charge >= 0.3 is 0 Å². The number of nitrogens with zero attached hydrogens (tertiary/aromatic N) is 2. The Morgan fingerprint density at radius 1 is 1.20 bits per heavy atom. The van der Waals surface area contributed by atoms with Crippen LogP contribution in [0.1, 0.15) is 31.7 Å². The van der Waals surface area contributed by atoms with Gasteiger partial charge in [0.2, 0.25) is 11.8 Å². The largest absolute Gasteiger partial charge is 0.357 e. The van der Waals surface area contributed by atoms with Gasteiger partial charge in [-0.15, -0.1) is 24.0 Å². The summed E-state index contributed by atoms with van der Waals surface area (Å²) in [4.78, 5) is 29.1. The van der Waals surface area contributed by atoms with E-state index in [-0.39, 0.29) is 48.2 Å². The lowest BCUT2D eigenvalue weighted by atomic mass is 10.1. The number of aliphatic imine (C=N–C) groups is 1. The van der Waals surface area contributed by atoms with E-state index in [4.69, 9.17) is 0 Å². The summed E-state index contributed by atoms with van der Waals surface area (Å²) in [6.45, 7) is 3.51. The van der Waals surface area contributed by atoms with Crippen molar-refractivity contribution in [1.82, 2.24) is 15.5 Å². The molecule has 2 N–H and O–H groups in total. The van der Waals surface area contributed by atoms with Gasteiger partial charge in [0.05, 0.1) is 6.54 Å². The normalized spacial score (nSPS) is 15.0. The average Bonchev–Trinajstić information content (AvgIpc) is 2.56. The highest BCUT2D eigenvalue weighted by molar-refractivity contribution is 14.0. The Morgan fingerprint density at radius 3 is 2.52 bits per heavy atom. The molecule has 0 atom stereocenters. The van der Waals surface area contributed by atoms with Crippen LogP contribution in [0.3, 0.4) is 0 Å². The van der Waals surface area contributed by atoms with Crippen LogP contribution in [0.15, 0.2) is 29.3 Å². The van der Waals surface area contributed by atoms with E-state index in [0.717, 1.165) is 0 Å². The number of halogens is 2. The second-order valence-electron chi connectivity index (χ2n) is 5.51. The Balaban J connectivity index is 0.00000312. The molecule has 1 saturated heterocycles. The van der Waals surface area contributed by atoms with Crippen molar-refractivity contribution in [3.8, 4) is 0 Å².